The molecule has 9 heteroatoms. The van der Waals surface area contributed by atoms with Crippen LogP contribution < -0.4 is 14.2 Å². The highest BCUT2D eigenvalue weighted by Crippen LogP contribution is 2.44. The van der Waals surface area contributed by atoms with E-state index in [4.69, 9.17) is 18.9 Å². The van der Waals surface area contributed by atoms with Crippen LogP contribution in [-0.4, -0.2) is 87.3 Å². The molecule has 0 bridgehead atoms. The topological polar surface area (TPSA) is 97.8 Å². The van der Waals surface area contributed by atoms with Gasteiger partial charge in [0.25, 0.3) is 11.7 Å². The van der Waals surface area contributed by atoms with Gasteiger partial charge in [-0.1, -0.05) is 0 Å². The number of likely N-dealkylation sites (tertiary alicyclic amines) is 1. The number of rotatable bonds is 9. The van der Waals surface area contributed by atoms with Gasteiger partial charge in [0.2, 0.25) is 0 Å². The molecular weight excluding hydrogens is 464 g/mol. The fourth-order valence-electron chi connectivity index (χ4n) is 4.68. The number of nitrogens with zero attached hydrogens (tertiary/aromatic N) is 2. The van der Waals surface area contributed by atoms with Crippen LogP contribution in [-0.2, 0) is 14.3 Å². The highest BCUT2D eigenvalue weighted by atomic mass is 16.5. The summed E-state index contributed by atoms with van der Waals surface area (Å²) in [6.45, 7) is 4.16. The first-order valence-electron chi connectivity index (χ1n) is 11.9. The zero-order valence-electron chi connectivity index (χ0n) is 20.9. The van der Waals surface area contributed by atoms with E-state index in [-0.39, 0.29) is 11.3 Å². The van der Waals surface area contributed by atoms with Crippen LogP contribution in [0.15, 0.2) is 48.0 Å². The highest BCUT2D eigenvalue weighted by Gasteiger charge is 2.47. The van der Waals surface area contributed by atoms with Crippen LogP contribution in [0.3, 0.4) is 0 Å². The smallest absolute Gasteiger partial charge is 0.295 e. The van der Waals surface area contributed by atoms with E-state index >= 15 is 0 Å². The van der Waals surface area contributed by atoms with Crippen molar-refractivity contribution in [2.24, 2.45) is 0 Å². The third kappa shape index (κ3) is 5.17. The van der Waals surface area contributed by atoms with E-state index in [0.717, 1.165) is 19.6 Å². The Morgan fingerprint density at radius 1 is 0.944 bits per heavy atom. The largest absolute Gasteiger partial charge is 0.507 e. The van der Waals surface area contributed by atoms with Crippen LogP contribution in [0.2, 0.25) is 0 Å². The molecular formula is C27H32N2O7. The van der Waals surface area contributed by atoms with E-state index in [2.05, 4.69) is 4.90 Å². The molecule has 0 aromatic heterocycles. The Morgan fingerprint density at radius 3 is 2.25 bits per heavy atom. The molecule has 2 heterocycles. The molecule has 1 N–H and O–H groups in total. The fraction of sp³-hybridized carbons (Fsp3) is 0.407. The van der Waals surface area contributed by atoms with Crippen LogP contribution in [0.5, 0.6) is 17.2 Å². The summed E-state index contributed by atoms with van der Waals surface area (Å²) in [5.74, 6) is 0.0184. The molecule has 2 fully saturated rings. The zero-order valence-corrected chi connectivity index (χ0v) is 20.9. The van der Waals surface area contributed by atoms with Crippen molar-refractivity contribution in [3.8, 4) is 17.2 Å². The summed E-state index contributed by atoms with van der Waals surface area (Å²) >= 11 is 0. The van der Waals surface area contributed by atoms with Gasteiger partial charge in [0.15, 0.2) is 0 Å². The number of carbonyl (C=O) groups excluding carboxylic acids is 2. The molecule has 36 heavy (non-hydrogen) atoms. The lowest BCUT2D eigenvalue weighted by molar-refractivity contribution is -0.140. The van der Waals surface area contributed by atoms with Crippen molar-refractivity contribution in [3.05, 3.63) is 59.2 Å². The van der Waals surface area contributed by atoms with Gasteiger partial charge in [0, 0.05) is 37.3 Å². The van der Waals surface area contributed by atoms with Crippen molar-refractivity contribution < 1.29 is 33.6 Å². The number of benzene rings is 2. The Kier molecular flexibility index (Phi) is 8.12. The van der Waals surface area contributed by atoms with E-state index in [1.807, 2.05) is 0 Å². The minimum atomic E-state index is -0.832. The first kappa shape index (κ1) is 25.5. The lowest BCUT2D eigenvalue weighted by atomic mass is 9.94. The molecule has 2 aromatic rings. The summed E-state index contributed by atoms with van der Waals surface area (Å²) in [6.07, 6.45) is 0.665. The average molecular weight is 497 g/mol. The minimum Gasteiger partial charge on any atom is -0.507 e. The average Bonchev–Trinajstić information content (AvgIpc) is 3.17. The predicted octanol–water partition coefficient (Wildman–Crippen LogP) is 2.86. The van der Waals surface area contributed by atoms with Crippen molar-refractivity contribution in [3.63, 3.8) is 0 Å². The summed E-state index contributed by atoms with van der Waals surface area (Å²) in [6, 6.07) is 11.1. The number of ether oxygens (including phenoxy) is 4. The molecule has 0 unspecified atom stereocenters. The number of aliphatic hydroxyl groups is 1. The first-order chi connectivity index (χ1) is 17.5. The lowest BCUT2D eigenvalue weighted by Gasteiger charge is -2.29. The summed E-state index contributed by atoms with van der Waals surface area (Å²) in [7, 11) is 4.62. The third-order valence-corrected chi connectivity index (χ3v) is 6.61. The van der Waals surface area contributed by atoms with Crippen molar-refractivity contribution in [1.82, 2.24) is 9.80 Å². The van der Waals surface area contributed by atoms with E-state index in [0.29, 0.717) is 54.6 Å². The Labute approximate surface area is 210 Å². The van der Waals surface area contributed by atoms with E-state index < -0.39 is 17.7 Å². The van der Waals surface area contributed by atoms with Crippen LogP contribution >= 0.6 is 0 Å². The van der Waals surface area contributed by atoms with Gasteiger partial charge in [-0.3, -0.25) is 14.5 Å². The molecule has 0 aliphatic carbocycles. The number of amides is 1. The van der Waals surface area contributed by atoms with Gasteiger partial charge in [-0.05, 0) is 48.9 Å². The van der Waals surface area contributed by atoms with Crippen molar-refractivity contribution >= 4 is 17.4 Å². The summed E-state index contributed by atoms with van der Waals surface area (Å²) in [4.78, 5) is 30.4. The molecule has 0 saturated carbocycles. The van der Waals surface area contributed by atoms with Gasteiger partial charge in [-0.2, -0.15) is 0 Å². The predicted molar refractivity (Wildman–Crippen MR) is 133 cm³/mol. The Bertz CT molecular complexity index is 1120. The fourth-order valence-corrected chi connectivity index (χ4v) is 4.68. The minimum absolute atomic E-state index is 0.0168. The van der Waals surface area contributed by atoms with Crippen LogP contribution in [0, 0.1) is 0 Å². The zero-order chi connectivity index (χ0) is 25.7. The quantitative estimate of drug-likeness (QED) is 0.322. The van der Waals surface area contributed by atoms with Gasteiger partial charge in [-0.15, -0.1) is 0 Å². The molecule has 9 nitrogen and oxygen atoms in total. The van der Waals surface area contributed by atoms with Crippen molar-refractivity contribution in [2.75, 3.05) is 60.7 Å². The Balaban J connectivity index is 1.75. The maximum Gasteiger partial charge on any atom is 0.295 e. The number of aliphatic hydroxyl groups excluding tert-OH is 1. The van der Waals surface area contributed by atoms with Crippen LogP contribution in [0.25, 0.3) is 5.76 Å². The number of morpholine rings is 1. The van der Waals surface area contributed by atoms with Gasteiger partial charge in [-0.25, -0.2) is 0 Å². The van der Waals surface area contributed by atoms with E-state index in [1.165, 1.54) is 12.0 Å². The first-order valence-corrected chi connectivity index (χ1v) is 11.9. The molecule has 2 aliphatic heterocycles. The molecule has 2 saturated heterocycles. The van der Waals surface area contributed by atoms with E-state index in [1.54, 1.807) is 56.7 Å². The second-order valence-corrected chi connectivity index (χ2v) is 8.64. The molecule has 0 radical (unpaired) electrons. The van der Waals surface area contributed by atoms with Crippen molar-refractivity contribution in [1.29, 1.82) is 0 Å². The summed E-state index contributed by atoms with van der Waals surface area (Å²) < 4.78 is 21.6. The van der Waals surface area contributed by atoms with Gasteiger partial charge in [0.1, 0.15) is 23.0 Å². The SMILES string of the molecule is COc1ccc(C(O)=C2C(=O)C(=O)N(CCCN3CCOCC3)[C@@H]2c2cc(OC)ccc2OC)cc1. The number of hydrogen-bond acceptors (Lipinski definition) is 8. The molecule has 4 rings (SSSR count). The Morgan fingerprint density at radius 2 is 1.61 bits per heavy atom. The standard InChI is InChI=1S/C27H32N2O7/c1-33-19-7-5-18(6-8-19)25(30)23-24(21-17-20(34-2)9-10-22(21)35-3)29(27(32)26(23)31)12-4-11-28-13-15-36-16-14-28/h5-10,17,24,30H,4,11-16H2,1-3H3/t24-/m1/s1. The lowest BCUT2D eigenvalue weighted by Crippen LogP contribution is -2.39. The monoisotopic (exact) mass is 496 g/mol. The number of carbonyl (C=O) groups is 2. The van der Waals surface area contributed by atoms with E-state index in [9.17, 15) is 14.7 Å². The van der Waals surface area contributed by atoms with Crippen molar-refractivity contribution in [2.45, 2.75) is 12.5 Å². The summed E-state index contributed by atoms with van der Waals surface area (Å²) in [5, 5.41) is 11.3. The summed E-state index contributed by atoms with van der Waals surface area (Å²) in [5.41, 5.74) is 0.995. The number of Topliss-reactive ketones (excluding diaryl/α,β-unsaturated/α-hetero) is 1. The number of hydrogen-bond donors (Lipinski definition) is 1. The third-order valence-electron chi connectivity index (χ3n) is 6.61. The van der Waals surface area contributed by atoms with Gasteiger partial charge in [0.05, 0.1) is 46.2 Å². The molecule has 2 aromatic carbocycles. The van der Waals surface area contributed by atoms with Crippen LogP contribution in [0.1, 0.15) is 23.6 Å². The highest BCUT2D eigenvalue weighted by molar-refractivity contribution is 6.46. The van der Waals surface area contributed by atoms with Gasteiger partial charge < -0.3 is 29.0 Å². The second-order valence-electron chi connectivity index (χ2n) is 8.64. The molecule has 192 valence electrons. The number of ketones is 1. The van der Waals surface area contributed by atoms with Crippen LogP contribution in [0.4, 0.5) is 0 Å². The number of methoxy groups -OCH3 is 3. The second kappa shape index (κ2) is 11.5. The Hall–Kier alpha value is -3.56. The maximum absolute atomic E-state index is 13.3. The molecule has 1 amide bonds. The normalized spacial score (nSPS) is 20.0. The van der Waals surface area contributed by atoms with Gasteiger partial charge >= 0.3 is 0 Å². The molecule has 0 spiro atoms. The maximum atomic E-state index is 13.3. The molecule has 1 atom stereocenters. The molecule has 2 aliphatic rings.